The third-order valence-electron chi connectivity index (χ3n) is 2.80. The van der Waals surface area contributed by atoms with Crippen molar-refractivity contribution in [3.05, 3.63) is 23.3 Å². The van der Waals surface area contributed by atoms with Gasteiger partial charge in [-0.25, -0.2) is 8.78 Å². The minimum atomic E-state index is -2.62. The van der Waals surface area contributed by atoms with Crippen LogP contribution in [0.5, 0.6) is 11.5 Å². The summed E-state index contributed by atoms with van der Waals surface area (Å²) < 4.78 is 36.1. The van der Waals surface area contributed by atoms with Gasteiger partial charge in [-0.15, -0.1) is 0 Å². The second-order valence-electron chi connectivity index (χ2n) is 3.94. The van der Waals surface area contributed by atoms with Crippen molar-refractivity contribution < 1.29 is 23.0 Å². The number of carbonyl (C=O) groups is 1. The molecule has 1 unspecified atom stereocenters. The van der Waals surface area contributed by atoms with E-state index >= 15 is 0 Å². The molecule has 0 aromatic heterocycles. The largest absolute Gasteiger partial charge is 0.493 e. The number of alkyl halides is 2. The van der Waals surface area contributed by atoms with E-state index in [-0.39, 0.29) is 23.7 Å². The Kier molecular flexibility index (Phi) is 5.07. The maximum Gasteiger partial charge on any atom is 0.264 e. The van der Waals surface area contributed by atoms with Crippen molar-refractivity contribution in [2.45, 2.75) is 25.7 Å². The number of aldehydes is 1. The van der Waals surface area contributed by atoms with Crippen LogP contribution in [0.15, 0.2) is 12.1 Å². The SMILES string of the molecule is COc1cc(C(F)F)c(C(C)CC=O)cc1OC. The minimum absolute atomic E-state index is 0.123. The van der Waals surface area contributed by atoms with Crippen LogP contribution in [0.1, 0.15) is 36.8 Å². The predicted octanol–water partition coefficient (Wildman–Crippen LogP) is 3.33. The molecule has 0 fully saturated rings. The monoisotopic (exact) mass is 258 g/mol. The summed E-state index contributed by atoms with van der Waals surface area (Å²) in [4.78, 5) is 10.5. The van der Waals surface area contributed by atoms with Crippen molar-refractivity contribution in [2.75, 3.05) is 14.2 Å². The van der Waals surface area contributed by atoms with Gasteiger partial charge in [-0.05, 0) is 23.6 Å². The van der Waals surface area contributed by atoms with Gasteiger partial charge in [0.05, 0.1) is 14.2 Å². The number of carbonyl (C=O) groups excluding carboxylic acids is 1. The third-order valence-corrected chi connectivity index (χ3v) is 2.80. The molecule has 1 rings (SSSR count). The van der Waals surface area contributed by atoms with Crippen LogP contribution in [0.4, 0.5) is 8.78 Å². The van der Waals surface area contributed by atoms with Crippen LogP contribution >= 0.6 is 0 Å². The number of halogens is 2. The standard InChI is InChI=1S/C13H16F2O3/c1-8(4-5-16)9-6-11(17-2)12(18-3)7-10(9)13(14)15/h5-8,13H,4H2,1-3H3. The molecule has 0 spiro atoms. The Morgan fingerprint density at radius 3 is 2.06 bits per heavy atom. The minimum Gasteiger partial charge on any atom is -0.493 e. The molecule has 0 bridgehead atoms. The molecule has 1 aromatic rings. The average Bonchev–Trinajstić information content (AvgIpc) is 2.37. The molecule has 18 heavy (non-hydrogen) atoms. The van der Waals surface area contributed by atoms with Crippen LogP contribution in [-0.2, 0) is 4.79 Å². The lowest BCUT2D eigenvalue weighted by Gasteiger charge is -2.17. The van der Waals surface area contributed by atoms with Gasteiger partial charge in [-0.3, -0.25) is 0 Å². The van der Waals surface area contributed by atoms with Crippen LogP contribution in [0, 0.1) is 0 Å². The van der Waals surface area contributed by atoms with Crippen LogP contribution < -0.4 is 9.47 Å². The van der Waals surface area contributed by atoms with Gasteiger partial charge < -0.3 is 14.3 Å². The molecule has 5 heteroatoms. The zero-order valence-electron chi connectivity index (χ0n) is 10.6. The molecule has 0 saturated heterocycles. The first-order chi connectivity index (χ1) is 8.54. The molecule has 100 valence electrons. The summed E-state index contributed by atoms with van der Waals surface area (Å²) in [7, 11) is 2.83. The first kappa shape index (κ1) is 14.4. The van der Waals surface area contributed by atoms with E-state index in [0.717, 1.165) is 6.29 Å². The summed E-state index contributed by atoms with van der Waals surface area (Å²) in [5, 5.41) is 0. The van der Waals surface area contributed by atoms with Crippen LogP contribution in [0.3, 0.4) is 0 Å². The highest BCUT2D eigenvalue weighted by molar-refractivity contribution is 5.54. The molecule has 0 amide bonds. The Hall–Kier alpha value is -1.65. The zero-order chi connectivity index (χ0) is 13.7. The van der Waals surface area contributed by atoms with Crippen molar-refractivity contribution in [1.29, 1.82) is 0 Å². The normalized spacial score (nSPS) is 12.3. The van der Waals surface area contributed by atoms with Crippen molar-refractivity contribution in [3.8, 4) is 11.5 Å². The van der Waals surface area contributed by atoms with E-state index in [2.05, 4.69) is 0 Å². The maximum atomic E-state index is 13.0. The Balaban J connectivity index is 3.32. The van der Waals surface area contributed by atoms with Gasteiger partial charge in [0.15, 0.2) is 11.5 Å². The Morgan fingerprint density at radius 1 is 1.17 bits per heavy atom. The summed E-state index contributed by atoms with van der Waals surface area (Å²) in [6, 6.07) is 2.77. The molecule has 0 aliphatic rings. The summed E-state index contributed by atoms with van der Waals surface area (Å²) in [5.74, 6) is 0.357. The van der Waals surface area contributed by atoms with Crippen molar-refractivity contribution in [2.24, 2.45) is 0 Å². The maximum absolute atomic E-state index is 13.0. The Morgan fingerprint density at radius 2 is 1.67 bits per heavy atom. The second-order valence-corrected chi connectivity index (χ2v) is 3.94. The van der Waals surface area contributed by atoms with Gasteiger partial charge >= 0.3 is 0 Å². The fourth-order valence-corrected chi connectivity index (χ4v) is 1.80. The molecule has 0 aliphatic carbocycles. The van der Waals surface area contributed by atoms with E-state index in [1.165, 1.54) is 26.4 Å². The van der Waals surface area contributed by atoms with E-state index in [9.17, 15) is 13.6 Å². The summed E-state index contributed by atoms with van der Waals surface area (Å²) in [6.07, 6.45) is -1.71. The molecule has 0 N–H and O–H groups in total. The number of hydrogen-bond acceptors (Lipinski definition) is 3. The molecule has 0 radical (unpaired) electrons. The Labute approximate surface area is 105 Å². The lowest BCUT2D eigenvalue weighted by atomic mass is 9.93. The van der Waals surface area contributed by atoms with Crippen molar-refractivity contribution in [1.82, 2.24) is 0 Å². The second kappa shape index (κ2) is 6.33. The fourth-order valence-electron chi connectivity index (χ4n) is 1.80. The topological polar surface area (TPSA) is 35.5 Å². The first-order valence-electron chi connectivity index (χ1n) is 5.52. The molecule has 0 heterocycles. The average molecular weight is 258 g/mol. The highest BCUT2D eigenvalue weighted by Gasteiger charge is 2.21. The van der Waals surface area contributed by atoms with Crippen LogP contribution in [0.2, 0.25) is 0 Å². The van der Waals surface area contributed by atoms with Crippen molar-refractivity contribution >= 4 is 6.29 Å². The van der Waals surface area contributed by atoms with E-state index in [1.54, 1.807) is 6.92 Å². The highest BCUT2D eigenvalue weighted by atomic mass is 19.3. The molecule has 0 saturated carbocycles. The lowest BCUT2D eigenvalue weighted by molar-refractivity contribution is -0.108. The van der Waals surface area contributed by atoms with E-state index < -0.39 is 6.43 Å². The molecule has 0 aliphatic heterocycles. The summed E-state index contributed by atoms with van der Waals surface area (Å²) >= 11 is 0. The molecule has 3 nitrogen and oxygen atoms in total. The first-order valence-corrected chi connectivity index (χ1v) is 5.52. The van der Waals surface area contributed by atoms with E-state index in [4.69, 9.17) is 9.47 Å². The highest BCUT2D eigenvalue weighted by Crippen LogP contribution is 2.38. The van der Waals surface area contributed by atoms with Crippen molar-refractivity contribution in [3.63, 3.8) is 0 Å². The van der Waals surface area contributed by atoms with Gasteiger partial charge in [0.25, 0.3) is 6.43 Å². The molecular weight excluding hydrogens is 242 g/mol. The zero-order valence-corrected chi connectivity index (χ0v) is 10.6. The molecule has 1 atom stereocenters. The fraction of sp³-hybridized carbons (Fsp3) is 0.462. The number of ether oxygens (including phenoxy) is 2. The smallest absolute Gasteiger partial charge is 0.264 e. The quantitative estimate of drug-likeness (QED) is 0.734. The summed E-state index contributed by atoms with van der Waals surface area (Å²) in [5.41, 5.74) is 0.289. The van der Waals surface area contributed by atoms with Crippen LogP contribution in [-0.4, -0.2) is 20.5 Å². The predicted molar refractivity (Wildman–Crippen MR) is 63.6 cm³/mol. The van der Waals surface area contributed by atoms with Crippen LogP contribution in [0.25, 0.3) is 0 Å². The van der Waals surface area contributed by atoms with Gasteiger partial charge in [0.1, 0.15) is 6.29 Å². The third kappa shape index (κ3) is 2.97. The van der Waals surface area contributed by atoms with E-state index in [0.29, 0.717) is 11.3 Å². The number of methoxy groups -OCH3 is 2. The van der Waals surface area contributed by atoms with Gasteiger partial charge in [-0.1, -0.05) is 6.92 Å². The molecular formula is C13H16F2O3. The van der Waals surface area contributed by atoms with Gasteiger partial charge in [0.2, 0.25) is 0 Å². The number of rotatable bonds is 6. The molecule has 1 aromatic carbocycles. The number of hydrogen-bond donors (Lipinski definition) is 0. The number of benzene rings is 1. The van der Waals surface area contributed by atoms with Gasteiger partial charge in [-0.2, -0.15) is 0 Å². The summed E-state index contributed by atoms with van der Waals surface area (Å²) in [6.45, 7) is 1.72. The van der Waals surface area contributed by atoms with E-state index in [1.807, 2.05) is 0 Å². The lowest BCUT2D eigenvalue weighted by Crippen LogP contribution is -2.03. The van der Waals surface area contributed by atoms with Gasteiger partial charge in [0, 0.05) is 12.0 Å². The Bertz CT molecular complexity index is 419.